The minimum absolute atomic E-state index is 0.0507. The maximum absolute atomic E-state index is 5.80. The highest BCUT2D eigenvalue weighted by Gasteiger charge is 2.28. The lowest BCUT2D eigenvalue weighted by Crippen LogP contribution is -2.32. The van der Waals surface area contributed by atoms with Crippen molar-refractivity contribution in [1.82, 2.24) is 4.90 Å². The molecule has 0 aromatic heterocycles. The summed E-state index contributed by atoms with van der Waals surface area (Å²) < 4.78 is 16.0. The van der Waals surface area contributed by atoms with Crippen molar-refractivity contribution in [2.24, 2.45) is 10.7 Å². The van der Waals surface area contributed by atoms with Crippen molar-refractivity contribution in [1.29, 1.82) is 0 Å². The molecule has 2 rings (SSSR count). The van der Waals surface area contributed by atoms with Gasteiger partial charge in [0.1, 0.15) is 5.75 Å². The van der Waals surface area contributed by atoms with Crippen LogP contribution in [0.25, 0.3) is 0 Å². The third-order valence-corrected chi connectivity index (χ3v) is 3.35. The van der Waals surface area contributed by atoms with Crippen LogP contribution in [0.4, 0.5) is 0 Å². The van der Waals surface area contributed by atoms with Crippen molar-refractivity contribution in [2.75, 3.05) is 34.9 Å². The lowest BCUT2D eigenvalue weighted by atomic mass is 10.0. The number of guanidine groups is 1. The second-order valence-electron chi connectivity index (χ2n) is 4.27. The Morgan fingerprint density at radius 3 is 2.16 bits per heavy atom. The van der Waals surface area contributed by atoms with E-state index in [1.165, 1.54) is 0 Å². The number of rotatable bonds is 4. The first-order valence-electron chi connectivity index (χ1n) is 5.95. The maximum Gasteiger partial charge on any atom is 0.191 e. The van der Waals surface area contributed by atoms with Crippen LogP contribution in [0.5, 0.6) is 17.2 Å². The van der Waals surface area contributed by atoms with Crippen LogP contribution >= 0.6 is 0 Å². The Kier molecular flexibility index (Phi) is 3.69. The molecule has 19 heavy (non-hydrogen) atoms. The Hall–Kier alpha value is -2.11. The first-order chi connectivity index (χ1) is 9.12. The van der Waals surface area contributed by atoms with E-state index in [1.54, 1.807) is 21.3 Å². The summed E-state index contributed by atoms with van der Waals surface area (Å²) >= 11 is 0. The van der Waals surface area contributed by atoms with E-state index in [1.807, 2.05) is 24.1 Å². The summed E-state index contributed by atoms with van der Waals surface area (Å²) in [5, 5.41) is 0. The Morgan fingerprint density at radius 1 is 1.11 bits per heavy atom. The van der Waals surface area contributed by atoms with Crippen molar-refractivity contribution in [3.05, 3.63) is 17.7 Å². The van der Waals surface area contributed by atoms with E-state index in [0.29, 0.717) is 24.0 Å². The van der Waals surface area contributed by atoms with E-state index >= 15 is 0 Å². The number of nitrogens with two attached hydrogens (primary N) is 1. The van der Waals surface area contributed by atoms with Gasteiger partial charge in [-0.2, -0.15) is 0 Å². The Labute approximate surface area is 112 Å². The van der Waals surface area contributed by atoms with E-state index in [9.17, 15) is 0 Å². The SMILES string of the molecule is COc1cc(OC)c(C2CN=C(N)N2C)cc1OC. The van der Waals surface area contributed by atoms with Gasteiger partial charge in [0.25, 0.3) is 0 Å². The van der Waals surface area contributed by atoms with Crippen molar-refractivity contribution in [3.63, 3.8) is 0 Å². The maximum atomic E-state index is 5.80. The van der Waals surface area contributed by atoms with Crippen LogP contribution in [0.2, 0.25) is 0 Å². The first-order valence-corrected chi connectivity index (χ1v) is 5.95. The molecule has 1 aromatic carbocycles. The number of nitrogens with zero attached hydrogens (tertiary/aromatic N) is 2. The van der Waals surface area contributed by atoms with Crippen molar-refractivity contribution >= 4 is 5.96 Å². The normalized spacial score (nSPS) is 18.2. The van der Waals surface area contributed by atoms with Gasteiger partial charge in [-0.05, 0) is 6.07 Å². The van der Waals surface area contributed by atoms with Gasteiger partial charge in [0, 0.05) is 18.7 Å². The molecule has 104 valence electrons. The van der Waals surface area contributed by atoms with Gasteiger partial charge < -0.3 is 24.8 Å². The topological polar surface area (TPSA) is 69.3 Å². The third-order valence-electron chi connectivity index (χ3n) is 3.35. The summed E-state index contributed by atoms with van der Waals surface area (Å²) in [4.78, 5) is 6.16. The number of ether oxygens (including phenoxy) is 3. The predicted octanol–water partition coefficient (Wildman–Crippen LogP) is 1.01. The van der Waals surface area contributed by atoms with Gasteiger partial charge in [-0.15, -0.1) is 0 Å². The Bertz CT molecular complexity index is 502. The van der Waals surface area contributed by atoms with Crippen LogP contribution in [-0.4, -0.2) is 45.8 Å². The lowest BCUT2D eigenvalue weighted by molar-refractivity contribution is 0.338. The average Bonchev–Trinajstić information content (AvgIpc) is 2.77. The van der Waals surface area contributed by atoms with Gasteiger partial charge in [0.15, 0.2) is 17.5 Å². The van der Waals surface area contributed by atoms with E-state index in [-0.39, 0.29) is 6.04 Å². The highest BCUT2D eigenvalue weighted by atomic mass is 16.5. The highest BCUT2D eigenvalue weighted by molar-refractivity contribution is 5.80. The summed E-state index contributed by atoms with van der Waals surface area (Å²) in [6.45, 7) is 0.605. The molecule has 1 aliphatic rings. The molecular formula is C13H19N3O3. The van der Waals surface area contributed by atoms with Gasteiger partial charge in [0.05, 0.1) is 33.9 Å². The van der Waals surface area contributed by atoms with E-state index in [0.717, 1.165) is 11.3 Å². The van der Waals surface area contributed by atoms with Gasteiger partial charge in [-0.25, -0.2) is 0 Å². The molecule has 0 aliphatic carbocycles. The summed E-state index contributed by atoms with van der Waals surface area (Å²) in [7, 11) is 6.74. The molecule has 0 saturated carbocycles. The molecule has 1 unspecified atom stereocenters. The third kappa shape index (κ3) is 2.25. The van der Waals surface area contributed by atoms with Crippen LogP contribution in [-0.2, 0) is 0 Å². The van der Waals surface area contributed by atoms with E-state index < -0.39 is 0 Å². The van der Waals surface area contributed by atoms with Crippen molar-refractivity contribution < 1.29 is 14.2 Å². The molecule has 0 spiro atoms. The molecule has 0 saturated heterocycles. The summed E-state index contributed by atoms with van der Waals surface area (Å²) in [6, 6.07) is 3.78. The van der Waals surface area contributed by atoms with Crippen LogP contribution in [0.1, 0.15) is 11.6 Å². The number of likely N-dealkylation sites (N-methyl/N-ethyl adjacent to an activating group) is 1. The standard InChI is InChI=1S/C13H19N3O3/c1-16-9(7-15-13(16)14)8-5-11(18-3)12(19-4)6-10(8)17-2/h5-6,9H,7H2,1-4H3,(H2,14,15). The summed E-state index contributed by atoms with van der Waals surface area (Å²) in [5.74, 6) is 2.57. The number of benzene rings is 1. The highest BCUT2D eigenvalue weighted by Crippen LogP contribution is 2.39. The van der Waals surface area contributed by atoms with Crippen molar-refractivity contribution in [3.8, 4) is 17.2 Å². The molecule has 0 amide bonds. The number of aliphatic imine (C=N–C) groups is 1. The van der Waals surface area contributed by atoms with Gasteiger partial charge in [-0.1, -0.05) is 0 Å². The monoisotopic (exact) mass is 265 g/mol. The van der Waals surface area contributed by atoms with Gasteiger partial charge in [0.2, 0.25) is 0 Å². The van der Waals surface area contributed by atoms with Crippen LogP contribution in [0.3, 0.4) is 0 Å². The summed E-state index contributed by atoms with van der Waals surface area (Å²) in [6.07, 6.45) is 0. The van der Waals surface area contributed by atoms with E-state index in [2.05, 4.69) is 4.99 Å². The fourth-order valence-electron chi connectivity index (χ4n) is 2.19. The number of hydrogen-bond donors (Lipinski definition) is 1. The summed E-state index contributed by atoms with van der Waals surface area (Å²) in [5.41, 5.74) is 6.78. The van der Waals surface area contributed by atoms with Crippen LogP contribution in [0.15, 0.2) is 17.1 Å². The first kappa shape index (κ1) is 13.3. The zero-order valence-corrected chi connectivity index (χ0v) is 11.6. The second kappa shape index (κ2) is 5.26. The van der Waals surface area contributed by atoms with Gasteiger partial charge >= 0.3 is 0 Å². The van der Waals surface area contributed by atoms with Crippen LogP contribution < -0.4 is 19.9 Å². The molecule has 1 aromatic rings. The molecular weight excluding hydrogens is 246 g/mol. The molecule has 6 nitrogen and oxygen atoms in total. The Balaban J connectivity index is 2.45. The van der Waals surface area contributed by atoms with Crippen molar-refractivity contribution in [2.45, 2.75) is 6.04 Å². The lowest BCUT2D eigenvalue weighted by Gasteiger charge is -2.24. The van der Waals surface area contributed by atoms with E-state index in [4.69, 9.17) is 19.9 Å². The zero-order chi connectivity index (χ0) is 14.0. The molecule has 6 heteroatoms. The molecule has 1 aliphatic heterocycles. The molecule has 1 atom stereocenters. The molecule has 1 heterocycles. The fraction of sp³-hybridized carbons (Fsp3) is 0.462. The smallest absolute Gasteiger partial charge is 0.191 e. The minimum Gasteiger partial charge on any atom is -0.496 e. The van der Waals surface area contributed by atoms with Crippen LogP contribution in [0, 0.1) is 0 Å². The fourth-order valence-corrected chi connectivity index (χ4v) is 2.19. The number of hydrogen-bond acceptors (Lipinski definition) is 6. The second-order valence-corrected chi connectivity index (χ2v) is 4.27. The molecule has 0 radical (unpaired) electrons. The largest absolute Gasteiger partial charge is 0.496 e. The Morgan fingerprint density at radius 2 is 1.68 bits per heavy atom. The molecule has 0 bridgehead atoms. The molecule has 2 N–H and O–H groups in total. The minimum atomic E-state index is 0.0507. The van der Waals surface area contributed by atoms with Gasteiger partial charge in [-0.3, -0.25) is 4.99 Å². The zero-order valence-electron chi connectivity index (χ0n) is 11.6. The average molecular weight is 265 g/mol. The molecule has 0 fully saturated rings. The number of methoxy groups -OCH3 is 3. The quantitative estimate of drug-likeness (QED) is 0.880. The predicted molar refractivity (Wildman–Crippen MR) is 73.1 cm³/mol.